The molecule has 0 unspecified atom stereocenters. The summed E-state index contributed by atoms with van der Waals surface area (Å²) in [5.41, 5.74) is 9.39. The van der Waals surface area contributed by atoms with E-state index in [0.717, 1.165) is 22.6 Å². The van der Waals surface area contributed by atoms with Crippen LogP contribution in [0.25, 0.3) is 0 Å². The van der Waals surface area contributed by atoms with E-state index in [1.807, 2.05) is 66.7 Å². The van der Waals surface area contributed by atoms with E-state index < -0.39 is 0 Å². The lowest BCUT2D eigenvalue weighted by atomic mass is 10.2. The molecule has 0 saturated heterocycles. The van der Waals surface area contributed by atoms with Crippen LogP contribution < -0.4 is 15.6 Å². The average Bonchev–Trinajstić information content (AvgIpc) is 2.62. The van der Waals surface area contributed by atoms with Gasteiger partial charge < -0.3 is 10.2 Å². The van der Waals surface area contributed by atoms with Gasteiger partial charge in [-0.05, 0) is 42.0 Å². The minimum Gasteiger partial charge on any atom is -0.489 e. The Morgan fingerprint density at radius 2 is 1.68 bits per heavy atom. The Bertz CT molecular complexity index is 825. The van der Waals surface area contributed by atoms with Crippen molar-refractivity contribution in [2.24, 2.45) is 0 Å². The molecule has 0 heterocycles. The van der Waals surface area contributed by atoms with E-state index in [9.17, 15) is 0 Å². The second-order valence-electron chi connectivity index (χ2n) is 5.52. The lowest BCUT2D eigenvalue weighted by Gasteiger charge is -2.11. The number of benzene rings is 3. The number of anilines is 1. The van der Waals surface area contributed by atoms with Crippen molar-refractivity contribution in [1.82, 2.24) is 5.43 Å². The zero-order chi connectivity index (χ0) is 17.5. The first-order chi connectivity index (χ1) is 12.2. The topological polar surface area (TPSA) is 33.3 Å². The van der Waals surface area contributed by atoms with Crippen LogP contribution in [0.15, 0.2) is 72.8 Å². The summed E-state index contributed by atoms with van der Waals surface area (Å²) < 4.78 is 5.84. The number of hydrogen-bond acceptors (Lipinski definition) is 3. The van der Waals surface area contributed by atoms with Crippen LogP contribution in [0.1, 0.15) is 11.1 Å². The number of rotatable bonds is 7. The molecule has 25 heavy (non-hydrogen) atoms. The summed E-state index contributed by atoms with van der Waals surface area (Å²) in [6.07, 6.45) is 0. The summed E-state index contributed by atoms with van der Waals surface area (Å²) in [5.74, 6) is 0.796. The standard InChI is InChI=1S/C20H18Cl2N2O/c21-17-10-9-16(20(22)12-17)14-25-19-8-4-5-15(11-19)13-23-24-18-6-2-1-3-7-18/h1-12,23-24H,13-14H2. The molecule has 3 nitrogen and oxygen atoms in total. The maximum absolute atomic E-state index is 6.17. The van der Waals surface area contributed by atoms with Crippen molar-refractivity contribution in [2.45, 2.75) is 13.2 Å². The number of hydrazine groups is 1. The van der Waals surface area contributed by atoms with Gasteiger partial charge in [-0.25, -0.2) is 5.43 Å². The van der Waals surface area contributed by atoms with Crippen molar-refractivity contribution < 1.29 is 4.74 Å². The van der Waals surface area contributed by atoms with E-state index in [4.69, 9.17) is 27.9 Å². The highest BCUT2D eigenvalue weighted by molar-refractivity contribution is 6.35. The fourth-order valence-corrected chi connectivity index (χ4v) is 2.78. The molecule has 0 spiro atoms. The van der Waals surface area contributed by atoms with Crippen molar-refractivity contribution in [1.29, 1.82) is 0 Å². The predicted molar refractivity (Wildman–Crippen MR) is 104 cm³/mol. The van der Waals surface area contributed by atoms with Crippen LogP contribution in [0.3, 0.4) is 0 Å². The van der Waals surface area contributed by atoms with E-state index in [2.05, 4.69) is 10.9 Å². The van der Waals surface area contributed by atoms with E-state index >= 15 is 0 Å². The van der Waals surface area contributed by atoms with Gasteiger partial charge in [-0.1, -0.05) is 59.6 Å². The third kappa shape index (κ3) is 5.40. The van der Waals surface area contributed by atoms with Crippen LogP contribution in [-0.2, 0) is 13.2 Å². The van der Waals surface area contributed by atoms with E-state index in [0.29, 0.717) is 23.2 Å². The van der Waals surface area contributed by atoms with Crippen LogP contribution in [0.2, 0.25) is 10.0 Å². The van der Waals surface area contributed by atoms with Gasteiger partial charge in [-0.15, -0.1) is 0 Å². The minimum atomic E-state index is 0.398. The Morgan fingerprint density at radius 1 is 0.840 bits per heavy atom. The molecule has 0 fully saturated rings. The first kappa shape index (κ1) is 17.6. The minimum absolute atomic E-state index is 0.398. The molecule has 0 bridgehead atoms. The Morgan fingerprint density at radius 3 is 2.48 bits per heavy atom. The molecule has 0 aromatic heterocycles. The molecular weight excluding hydrogens is 355 g/mol. The molecule has 0 atom stereocenters. The quantitative estimate of drug-likeness (QED) is 0.522. The van der Waals surface area contributed by atoms with E-state index in [-0.39, 0.29) is 0 Å². The molecular formula is C20H18Cl2N2O. The molecule has 0 aliphatic rings. The zero-order valence-electron chi connectivity index (χ0n) is 13.5. The second-order valence-corrected chi connectivity index (χ2v) is 6.36. The molecule has 0 saturated carbocycles. The monoisotopic (exact) mass is 372 g/mol. The van der Waals surface area contributed by atoms with Crippen LogP contribution in [0.5, 0.6) is 5.75 Å². The fourth-order valence-electron chi connectivity index (χ4n) is 2.31. The van der Waals surface area contributed by atoms with Gasteiger partial charge in [0.15, 0.2) is 0 Å². The molecule has 3 rings (SSSR count). The van der Waals surface area contributed by atoms with Gasteiger partial charge in [-0.3, -0.25) is 0 Å². The van der Waals surface area contributed by atoms with Gasteiger partial charge in [-0.2, -0.15) is 0 Å². The van der Waals surface area contributed by atoms with Gasteiger partial charge in [0.25, 0.3) is 0 Å². The maximum atomic E-state index is 6.17. The summed E-state index contributed by atoms with van der Waals surface area (Å²) in [5, 5.41) is 1.23. The molecule has 5 heteroatoms. The van der Waals surface area contributed by atoms with E-state index in [1.54, 1.807) is 6.07 Å². The summed E-state index contributed by atoms with van der Waals surface area (Å²) >= 11 is 12.1. The Hall–Kier alpha value is -2.20. The van der Waals surface area contributed by atoms with Crippen molar-refractivity contribution in [3.05, 3.63) is 94.0 Å². The molecule has 0 radical (unpaired) electrons. The van der Waals surface area contributed by atoms with Gasteiger partial charge in [0, 0.05) is 27.8 Å². The highest BCUT2D eigenvalue weighted by Gasteiger charge is 2.03. The summed E-state index contributed by atoms with van der Waals surface area (Å²) in [7, 11) is 0. The second kappa shape index (κ2) is 8.77. The summed E-state index contributed by atoms with van der Waals surface area (Å²) in [6, 6.07) is 23.3. The summed E-state index contributed by atoms with van der Waals surface area (Å²) in [6.45, 7) is 1.07. The number of halogens is 2. The molecule has 0 aliphatic carbocycles. The van der Waals surface area contributed by atoms with Gasteiger partial charge in [0.1, 0.15) is 12.4 Å². The summed E-state index contributed by atoms with van der Waals surface area (Å²) in [4.78, 5) is 0. The van der Waals surface area contributed by atoms with Crippen LogP contribution in [0, 0.1) is 0 Å². The third-order valence-electron chi connectivity index (χ3n) is 3.61. The first-order valence-corrected chi connectivity index (χ1v) is 8.66. The van der Waals surface area contributed by atoms with Crippen LogP contribution in [-0.4, -0.2) is 0 Å². The number of nitrogens with one attached hydrogen (secondary N) is 2. The molecule has 3 aromatic rings. The van der Waals surface area contributed by atoms with Gasteiger partial charge >= 0.3 is 0 Å². The van der Waals surface area contributed by atoms with E-state index in [1.165, 1.54) is 0 Å². The number of ether oxygens (including phenoxy) is 1. The molecule has 128 valence electrons. The molecule has 0 amide bonds. The lowest BCUT2D eigenvalue weighted by Crippen LogP contribution is -2.20. The highest BCUT2D eigenvalue weighted by Crippen LogP contribution is 2.23. The Kier molecular flexibility index (Phi) is 6.18. The average molecular weight is 373 g/mol. The normalized spacial score (nSPS) is 10.5. The number of hydrogen-bond donors (Lipinski definition) is 2. The highest BCUT2D eigenvalue weighted by atomic mass is 35.5. The van der Waals surface area contributed by atoms with Gasteiger partial charge in [0.05, 0.1) is 0 Å². The Balaban J connectivity index is 1.54. The Labute approximate surface area is 157 Å². The van der Waals surface area contributed by atoms with Crippen LogP contribution in [0.4, 0.5) is 5.69 Å². The van der Waals surface area contributed by atoms with Crippen molar-refractivity contribution in [3.8, 4) is 5.75 Å². The zero-order valence-corrected chi connectivity index (χ0v) is 15.0. The lowest BCUT2D eigenvalue weighted by molar-refractivity contribution is 0.306. The molecule has 3 aromatic carbocycles. The van der Waals surface area contributed by atoms with Crippen molar-refractivity contribution in [2.75, 3.05) is 5.43 Å². The maximum Gasteiger partial charge on any atom is 0.120 e. The SMILES string of the molecule is Clc1ccc(COc2cccc(CNNc3ccccc3)c2)c(Cl)c1. The van der Waals surface area contributed by atoms with Crippen molar-refractivity contribution in [3.63, 3.8) is 0 Å². The molecule has 0 aliphatic heterocycles. The fraction of sp³-hybridized carbons (Fsp3) is 0.100. The van der Waals surface area contributed by atoms with Crippen molar-refractivity contribution >= 4 is 28.9 Å². The largest absolute Gasteiger partial charge is 0.489 e. The third-order valence-corrected chi connectivity index (χ3v) is 4.19. The van der Waals surface area contributed by atoms with Crippen LogP contribution >= 0.6 is 23.2 Å². The van der Waals surface area contributed by atoms with Gasteiger partial charge in [0.2, 0.25) is 0 Å². The number of para-hydroxylation sites is 1. The smallest absolute Gasteiger partial charge is 0.120 e. The molecule has 2 N–H and O–H groups in total. The predicted octanol–water partition coefficient (Wildman–Crippen LogP) is 5.69. The first-order valence-electron chi connectivity index (χ1n) is 7.90.